The number of benzene rings is 8. The Kier molecular flexibility index (Phi) is 18.8. The molecule has 9 aromatic rings. The van der Waals surface area contributed by atoms with Crippen molar-refractivity contribution in [1.29, 1.82) is 0 Å². The Morgan fingerprint density at radius 1 is 0.300 bits per heavy atom. The highest BCUT2D eigenvalue weighted by molar-refractivity contribution is 5.90. The number of unbranched alkanes of at least 4 members (excludes halogenated alkanes) is 13. The highest BCUT2D eigenvalue weighted by atomic mass is 15.0. The van der Waals surface area contributed by atoms with Crippen LogP contribution in [0.4, 0.5) is 0 Å². The zero-order chi connectivity index (χ0) is 55.3. The van der Waals surface area contributed by atoms with E-state index in [9.17, 15) is 0 Å². The van der Waals surface area contributed by atoms with Crippen LogP contribution in [0.15, 0.2) is 176 Å². The van der Waals surface area contributed by atoms with Gasteiger partial charge in [-0.25, -0.2) is 15.0 Å². The fourth-order valence-electron chi connectivity index (χ4n) is 12.6. The van der Waals surface area contributed by atoms with Crippen LogP contribution in [0.5, 0.6) is 0 Å². The lowest BCUT2D eigenvalue weighted by molar-refractivity contribution is 0.607. The third-order valence-electron chi connectivity index (χ3n) is 17.3. The van der Waals surface area contributed by atoms with Gasteiger partial charge in [0.05, 0.1) is 5.41 Å². The van der Waals surface area contributed by atoms with E-state index < -0.39 is 5.41 Å². The molecule has 3 nitrogen and oxygen atoms in total. The van der Waals surface area contributed by atoms with Gasteiger partial charge < -0.3 is 0 Å². The molecule has 10 rings (SSSR count). The van der Waals surface area contributed by atoms with E-state index in [2.05, 4.69) is 217 Å². The molecule has 0 unspecified atom stereocenters. The smallest absolute Gasteiger partial charge is 0.164 e. The van der Waals surface area contributed by atoms with Gasteiger partial charge in [0.25, 0.3) is 0 Å². The van der Waals surface area contributed by atoms with Crippen LogP contribution in [0, 0.1) is 20.8 Å². The third-order valence-corrected chi connectivity index (χ3v) is 17.3. The van der Waals surface area contributed by atoms with Gasteiger partial charge in [-0.2, -0.15) is 0 Å². The fraction of sp³-hybridized carbons (Fsp3) is 0.338. The van der Waals surface area contributed by atoms with Crippen LogP contribution in [0.25, 0.3) is 67.5 Å². The number of nitrogens with zero attached hydrogens (tertiary/aromatic N) is 3. The molecule has 0 saturated carbocycles. The van der Waals surface area contributed by atoms with E-state index in [4.69, 9.17) is 15.0 Å². The van der Waals surface area contributed by atoms with Gasteiger partial charge in [0, 0.05) is 16.7 Å². The molecule has 0 aliphatic heterocycles. The highest BCUT2D eigenvalue weighted by Crippen LogP contribution is 2.57. The van der Waals surface area contributed by atoms with Crippen LogP contribution in [-0.2, 0) is 24.7 Å². The number of rotatable bonds is 26. The molecule has 3 heteroatoms. The third kappa shape index (κ3) is 12.7. The molecule has 0 atom stereocenters. The van der Waals surface area contributed by atoms with E-state index in [1.54, 1.807) is 0 Å². The molecule has 408 valence electrons. The van der Waals surface area contributed by atoms with Crippen LogP contribution in [0.3, 0.4) is 0 Å². The molecule has 0 amide bonds. The average Bonchev–Trinajstić information content (AvgIpc) is 3.99. The minimum absolute atomic E-state index is 0.489. The molecule has 1 aliphatic carbocycles. The van der Waals surface area contributed by atoms with Crippen molar-refractivity contribution in [3.05, 3.63) is 232 Å². The lowest BCUT2D eigenvalue weighted by Gasteiger charge is -2.34. The molecule has 0 N–H and O–H groups in total. The average molecular weight is 1050 g/mol. The van der Waals surface area contributed by atoms with Gasteiger partial charge in [-0.15, -0.1) is 0 Å². The molecule has 1 heterocycles. The molecule has 0 saturated heterocycles. The van der Waals surface area contributed by atoms with Gasteiger partial charge >= 0.3 is 0 Å². The summed E-state index contributed by atoms with van der Waals surface area (Å²) >= 11 is 0. The topological polar surface area (TPSA) is 38.7 Å². The van der Waals surface area contributed by atoms with Gasteiger partial charge in [0.1, 0.15) is 0 Å². The molecule has 0 fully saturated rings. The Balaban J connectivity index is 0.995. The fourth-order valence-corrected chi connectivity index (χ4v) is 12.6. The number of fused-ring (bicyclic) bond motifs is 3. The molecule has 8 aromatic carbocycles. The second-order valence-corrected chi connectivity index (χ2v) is 23.2. The van der Waals surface area contributed by atoms with E-state index in [0.29, 0.717) is 17.5 Å². The molecule has 0 radical (unpaired) electrons. The molecular formula is C77H85N3. The molecule has 1 aromatic heterocycles. The summed E-state index contributed by atoms with van der Waals surface area (Å²) in [5.41, 5.74) is 23.4. The first-order chi connectivity index (χ1) is 39.3. The van der Waals surface area contributed by atoms with Gasteiger partial charge in [-0.05, 0) is 143 Å². The van der Waals surface area contributed by atoms with Crippen LogP contribution in [-0.4, -0.2) is 15.0 Å². The maximum absolute atomic E-state index is 5.14. The summed E-state index contributed by atoms with van der Waals surface area (Å²) in [7, 11) is 0. The standard InChI is InChI=1S/C77H85N3/c1-7-10-13-16-18-21-25-59-34-47-66(48-35-59)77(67-49-36-60(37-50-67)26-22-19-17-14-11-8-2)72-53-56(5)31-51-70(72)71-52-46-65(54-73(71)77)69-28-23-27-68(57(69)6)61-42-44-64(45-43-61)76-79-74(62-38-29-55(4)30-39-62)78-75(80-76)63-40-32-58(33-41-63)24-20-15-12-9-3/h23,27-54H,7-22,24-26H2,1-6H3. The summed E-state index contributed by atoms with van der Waals surface area (Å²) in [5.74, 6) is 2.04. The Morgan fingerprint density at radius 2 is 0.650 bits per heavy atom. The first kappa shape index (κ1) is 56.1. The van der Waals surface area contributed by atoms with Crippen molar-refractivity contribution < 1.29 is 0 Å². The maximum Gasteiger partial charge on any atom is 0.164 e. The summed E-state index contributed by atoms with van der Waals surface area (Å²) in [4.78, 5) is 15.3. The highest BCUT2D eigenvalue weighted by Gasteiger charge is 2.46. The summed E-state index contributed by atoms with van der Waals surface area (Å²) in [6.45, 7) is 13.5. The molecule has 0 spiro atoms. The van der Waals surface area contributed by atoms with Crippen molar-refractivity contribution in [3.8, 4) is 67.5 Å². The predicted octanol–water partition coefficient (Wildman–Crippen LogP) is 21.4. The van der Waals surface area contributed by atoms with Gasteiger partial charge in [0.15, 0.2) is 17.5 Å². The van der Waals surface area contributed by atoms with E-state index in [-0.39, 0.29) is 0 Å². The van der Waals surface area contributed by atoms with Gasteiger partial charge in [-0.3, -0.25) is 0 Å². The predicted molar refractivity (Wildman–Crippen MR) is 341 cm³/mol. The first-order valence-electron chi connectivity index (χ1n) is 30.9. The maximum atomic E-state index is 5.14. The Hall–Kier alpha value is -7.23. The van der Waals surface area contributed by atoms with Crippen LogP contribution >= 0.6 is 0 Å². The van der Waals surface area contributed by atoms with Gasteiger partial charge in [-0.1, -0.05) is 285 Å². The summed E-state index contributed by atoms with van der Waals surface area (Å²) in [6, 6.07) is 67.1. The monoisotopic (exact) mass is 1050 g/mol. The zero-order valence-electron chi connectivity index (χ0n) is 49.0. The molecule has 80 heavy (non-hydrogen) atoms. The Labute approximate surface area is 480 Å². The Bertz CT molecular complexity index is 3380. The second-order valence-electron chi connectivity index (χ2n) is 23.2. The van der Waals surface area contributed by atoms with E-state index in [1.165, 1.54) is 186 Å². The van der Waals surface area contributed by atoms with Crippen molar-refractivity contribution in [2.75, 3.05) is 0 Å². The minimum Gasteiger partial charge on any atom is -0.208 e. The van der Waals surface area contributed by atoms with E-state index in [1.807, 2.05) is 0 Å². The summed E-state index contributed by atoms with van der Waals surface area (Å²) in [5, 5.41) is 0. The van der Waals surface area contributed by atoms with Crippen LogP contribution < -0.4 is 0 Å². The van der Waals surface area contributed by atoms with Crippen molar-refractivity contribution in [3.63, 3.8) is 0 Å². The molecular weight excluding hydrogens is 967 g/mol. The normalized spacial score (nSPS) is 12.4. The first-order valence-corrected chi connectivity index (χ1v) is 30.9. The van der Waals surface area contributed by atoms with Gasteiger partial charge in [0.2, 0.25) is 0 Å². The van der Waals surface area contributed by atoms with Crippen LogP contribution in [0.2, 0.25) is 0 Å². The molecule has 1 aliphatic rings. The zero-order valence-corrected chi connectivity index (χ0v) is 49.0. The number of hydrogen-bond donors (Lipinski definition) is 0. The number of aromatic nitrogens is 3. The van der Waals surface area contributed by atoms with E-state index >= 15 is 0 Å². The lowest BCUT2D eigenvalue weighted by atomic mass is 9.67. The summed E-state index contributed by atoms with van der Waals surface area (Å²) < 4.78 is 0. The van der Waals surface area contributed by atoms with Crippen LogP contribution in [0.1, 0.15) is 179 Å². The van der Waals surface area contributed by atoms with Crippen molar-refractivity contribution in [1.82, 2.24) is 15.0 Å². The lowest BCUT2D eigenvalue weighted by Crippen LogP contribution is -2.29. The molecule has 0 bridgehead atoms. The van der Waals surface area contributed by atoms with Crippen molar-refractivity contribution >= 4 is 0 Å². The largest absolute Gasteiger partial charge is 0.208 e. The number of aryl methyl sites for hydroxylation is 5. The number of hydrogen-bond acceptors (Lipinski definition) is 3. The SMILES string of the molecule is CCCCCCCCc1ccc(C2(c3ccc(CCCCCCCC)cc3)c3cc(C)ccc3-c3ccc(-c4cccc(-c5ccc(-c6nc(-c7ccc(C)cc7)nc(-c7ccc(CCCCCC)cc7)n6)cc5)c4C)cc32)cc1. The second kappa shape index (κ2) is 26.8. The quantitative estimate of drug-likeness (QED) is 0.0507. The summed E-state index contributed by atoms with van der Waals surface area (Å²) in [6.07, 6.45) is 24.1. The van der Waals surface area contributed by atoms with Crippen molar-refractivity contribution in [2.45, 2.75) is 169 Å². The minimum atomic E-state index is -0.489. The van der Waals surface area contributed by atoms with E-state index in [0.717, 1.165) is 41.5 Å². The van der Waals surface area contributed by atoms with Crippen molar-refractivity contribution in [2.24, 2.45) is 0 Å². The Morgan fingerprint density at radius 3 is 1.14 bits per heavy atom.